The Kier molecular flexibility index (Phi) is 9.07. The van der Waals surface area contributed by atoms with Crippen LogP contribution < -0.4 is 10.6 Å². The third-order valence-corrected chi connectivity index (χ3v) is 5.41. The summed E-state index contributed by atoms with van der Waals surface area (Å²) in [6, 6.07) is 10.5. The second-order valence-corrected chi connectivity index (χ2v) is 7.55. The van der Waals surface area contributed by atoms with Crippen LogP contribution in [0.5, 0.6) is 0 Å². The maximum absolute atomic E-state index is 6.08. The summed E-state index contributed by atoms with van der Waals surface area (Å²) in [5, 5.41) is 6.85. The Balaban J connectivity index is 1.33. The molecular formula is C22H35N3O3. The van der Waals surface area contributed by atoms with E-state index in [0.29, 0.717) is 12.0 Å². The van der Waals surface area contributed by atoms with Gasteiger partial charge in [-0.2, -0.15) is 0 Å². The molecule has 0 radical (unpaired) electrons. The first-order valence-corrected chi connectivity index (χ1v) is 10.7. The van der Waals surface area contributed by atoms with Crippen LogP contribution in [0.25, 0.3) is 0 Å². The molecule has 2 heterocycles. The lowest BCUT2D eigenvalue weighted by atomic mass is 9.89. The molecule has 6 heteroatoms. The van der Waals surface area contributed by atoms with Gasteiger partial charge in [-0.05, 0) is 37.7 Å². The first-order chi connectivity index (χ1) is 13.9. The van der Waals surface area contributed by atoms with E-state index in [0.717, 1.165) is 71.2 Å². The molecule has 0 aliphatic carbocycles. The van der Waals surface area contributed by atoms with Crippen LogP contribution in [-0.4, -0.2) is 58.6 Å². The average Bonchev–Trinajstić information content (AvgIpc) is 3.27. The second kappa shape index (κ2) is 12.0. The van der Waals surface area contributed by atoms with Gasteiger partial charge in [-0.3, -0.25) is 4.99 Å². The minimum absolute atomic E-state index is 0.159. The molecule has 156 valence electrons. The number of guanidine groups is 1. The lowest BCUT2D eigenvalue weighted by Crippen LogP contribution is -2.42. The molecule has 0 bridgehead atoms. The zero-order valence-corrected chi connectivity index (χ0v) is 17.1. The minimum atomic E-state index is 0.159. The second-order valence-electron chi connectivity index (χ2n) is 7.55. The summed E-state index contributed by atoms with van der Waals surface area (Å²) >= 11 is 0. The van der Waals surface area contributed by atoms with Crippen molar-refractivity contribution < 1.29 is 14.2 Å². The van der Waals surface area contributed by atoms with Crippen molar-refractivity contribution in [1.82, 2.24) is 10.6 Å². The van der Waals surface area contributed by atoms with Crippen LogP contribution in [0.15, 0.2) is 35.3 Å². The fraction of sp³-hybridized carbons (Fsp3) is 0.682. The van der Waals surface area contributed by atoms with Gasteiger partial charge < -0.3 is 24.8 Å². The summed E-state index contributed by atoms with van der Waals surface area (Å²) in [6.45, 7) is 4.89. The van der Waals surface area contributed by atoms with Gasteiger partial charge in [0.2, 0.25) is 0 Å². The third kappa shape index (κ3) is 6.76. The Morgan fingerprint density at radius 2 is 1.93 bits per heavy atom. The van der Waals surface area contributed by atoms with Crippen molar-refractivity contribution in [1.29, 1.82) is 0 Å². The van der Waals surface area contributed by atoms with Gasteiger partial charge in [-0.1, -0.05) is 30.3 Å². The minimum Gasteiger partial charge on any atom is -0.379 e. The molecule has 0 aromatic heterocycles. The molecular weight excluding hydrogens is 354 g/mol. The highest BCUT2D eigenvalue weighted by molar-refractivity contribution is 5.79. The van der Waals surface area contributed by atoms with Gasteiger partial charge in [0.05, 0.1) is 18.8 Å². The van der Waals surface area contributed by atoms with Crippen LogP contribution in [0.1, 0.15) is 43.8 Å². The lowest BCUT2D eigenvalue weighted by Gasteiger charge is -2.32. The normalized spacial score (nSPS) is 25.6. The summed E-state index contributed by atoms with van der Waals surface area (Å²) in [4.78, 5) is 4.34. The molecule has 2 aliphatic rings. The molecule has 3 atom stereocenters. The maximum Gasteiger partial charge on any atom is 0.190 e. The van der Waals surface area contributed by atoms with Crippen LogP contribution in [0.2, 0.25) is 0 Å². The Labute approximate surface area is 169 Å². The van der Waals surface area contributed by atoms with E-state index in [4.69, 9.17) is 14.2 Å². The molecule has 0 spiro atoms. The number of aliphatic imine (C=N–C) groups is 1. The van der Waals surface area contributed by atoms with Gasteiger partial charge in [0.1, 0.15) is 0 Å². The number of nitrogens with zero attached hydrogens (tertiary/aromatic N) is 1. The van der Waals surface area contributed by atoms with E-state index in [1.165, 1.54) is 12.0 Å². The molecule has 6 nitrogen and oxygen atoms in total. The Hall–Kier alpha value is -1.63. The summed E-state index contributed by atoms with van der Waals surface area (Å²) < 4.78 is 17.4. The summed E-state index contributed by atoms with van der Waals surface area (Å²) in [6.07, 6.45) is 5.99. The first-order valence-electron chi connectivity index (χ1n) is 10.7. The number of ether oxygens (including phenoxy) is 3. The van der Waals surface area contributed by atoms with Crippen molar-refractivity contribution in [3.63, 3.8) is 0 Å². The summed E-state index contributed by atoms with van der Waals surface area (Å²) in [5.74, 6) is 1.29. The van der Waals surface area contributed by atoms with Crippen LogP contribution in [-0.2, 0) is 14.2 Å². The summed E-state index contributed by atoms with van der Waals surface area (Å²) in [5.41, 5.74) is 1.26. The zero-order valence-electron chi connectivity index (χ0n) is 17.1. The van der Waals surface area contributed by atoms with Gasteiger partial charge in [0, 0.05) is 45.9 Å². The molecule has 2 fully saturated rings. The largest absolute Gasteiger partial charge is 0.379 e. The number of benzene rings is 1. The van der Waals surface area contributed by atoms with Gasteiger partial charge in [0.25, 0.3) is 0 Å². The Bertz CT molecular complexity index is 576. The highest BCUT2D eigenvalue weighted by atomic mass is 16.5. The van der Waals surface area contributed by atoms with Gasteiger partial charge in [-0.15, -0.1) is 0 Å². The predicted molar refractivity (Wildman–Crippen MR) is 112 cm³/mol. The van der Waals surface area contributed by atoms with Gasteiger partial charge in [0.15, 0.2) is 5.96 Å². The lowest BCUT2D eigenvalue weighted by molar-refractivity contribution is -0.0265. The number of rotatable bonds is 9. The molecule has 2 N–H and O–H groups in total. The molecule has 0 saturated carbocycles. The van der Waals surface area contributed by atoms with E-state index in [1.54, 1.807) is 0 Å². The van der Waals surface area contributed by atoms with E-state index in [9.17, 15) is 0 Å². The van der Waals surface area contributed by atoms with E-state index < -0.39 is 0 Å². The highest BCUT2D eigenvalue weighted by Gasteiger charge is 2.27. The van der Waals surface area contributed by atoms with E-state index >= 15 is 0 Å². The van der Waals surface area contributed by atoms with Crippen LogP contribution in [0.4, 0.5) is 0 Å². The molecule has 0 amide bonds. The molecule has 3 rings (SSSR count). The number of hydrogen-bond donors (Lipinski definition) is 2. The third-order valence-electron chi connectivity index (χ3n) is 5.41. The zero-order chi connectivity index (χ0) is 19.4. The topological polar surface area (TPSA) is 64.1 Å². The first kappa shape index (κ1) is 21.1. The van der Waals surface area contributed by atoms with E-state index in [-0.39, 0.29) is 6.10 Å². The van der Waals surface area contributed by atoms with Crippen molar-refractivity contribution in [2.45, 2.75) is 44.3 Å². The molecule has 2 aliphatic heterocycles. The van der Waals surface area contributed by atoms with Crippen molar-refractivity contribution in [3.05, 3.63) is 35.9 Å². The molecule has 1 aromatic rings. The fourth-order valence-corrected chi connectivity index (χ4v) is 3.88. The highest BCUT2D eigenvalue weighted by Crippen LogP contribution is 2.32. The quantitative estimate of drug-likeness (QED) is 0.386. The van der Waals surface area contributed by atoms with Gasteiger partial charge >= 0.3 is 0 Å². The molecule has 2 saturated heterocycles. The van der Waals surface area contributed by atoms with Crippen LogP contribution in [0.3, 0.4) is 0 Å². The smallest absolute Gasteiger partial charge is 0.190 e. The van der Waals surface area contributed by atoms with Crippen LogP contribution >= 0.6 is 0 Å². The van der Waals surface area contributed by atoms with Crippen molar-refractivity contribution in [3.8, 4) is 0 Å². The van der Waals surface area contributed by atoms with Crippen molar-refractivity contribution >= 4 is 5.96 Å². The fourth-order valence-electron chi connectivity index (χ4n) is 3.88. The molecule has 3 unspecified atom stereocenters. The monoisotopic (exact) mass is 389 g/mol. The van der Waals surface area contributed by atoms with Gasteiger partial charge in [-0.25, -0.2) is 0 Å². The van der Waals surface area contributed by atoms with Crippen molar-refractivity contribution in [2.75, 3.05) is 46.6 Å². The Morgan fingerprint density at radius 1 is 1.11 bits per heavy atom. The SMILES string of the molecule is CN=C(NCCCOCC1CCCO1)NCC1CCCOC1c1ccccc1. The molecule has 1 aromatic carbocycles. The molecule has 28 heavy (non-hydrogen) atoms. The number of nitrogens with one attached hydrogen (secondary N) is 2. The Morgan fingerprint density at radius 3 is 2.71 bits per heavy atom. The van der Waals surface area contributed by atoms with Crippen molar-refractivity contribution in [2.24, 2.45) is 10.9 Å². The summed E-state index contributed by atoms with van der Waals surface area (Å²) in [7, 11) is 1.81. The van der Waals surface area contributed by atoms with Crippen LogP contribution in [0, 0.1) is 5.92 Å². The standard InChI is InChI=1S/C22H35N3O3/c1-23-22(24-12-7-13-26-17-20-11-6-14-27-20)25-16-19-10-5-15-28-21(19)18-8-3-2-4-9-18/h2-4,8-9,19-21H,5-7,10-17H2,1H3,(H2,23,24,25). The number of hydrogen-bond acceptors (Lipinski definition) is 4. The maximum atomic E-state index is 6.08. The van der Waals surface area contributed by atoms with E-state index in [1.807, 2.05) is 7.05 Å². The average molecular weight is 390 g/mol. The van der Waals surface area contributed by atoms with E-state index in [2.05, 4.69) is 46.0 Å². The predicted octanol–water partition coefficient (Wildman–Crippen LogP) is 2.91.